The Hall–Kier alpha value is -2.14. The van der Waals surface area contributed by atoms with Gasteiger partial charge in [-0.25, -0.2) is 0 Å². The van der Waals surface area contributed by atoms with Gasteiger partial charge in [0.1, 0.15) is 0 Å². The molecule has 0 unspecified atom stereocenters. The highest BCUT2D eigenvalue weighted by atomic mass is 16.1. The molecule has 0 aliphatic carbocycles. The van der Waals surface area contributed by atoms with Crippen LogP contribution in [-0.4, -0.2) is 23.6 Å². The molecule has 1 heterocycles. The summed E-state index contributed by atoms with van der Waals surface area (Å²) >= 11 is 0. The Kier molecular flexibility index (Phi) is 5.11. The van der Waals surface area contributed by atoms with E-state index in [9.17, 15) is 9.59 Å². The summed E-state index contributed by atoms with van der Waals surface area (Å²) in [4.78, 5) is 23.9. The molecule has 0 radical (unpaired) electrons. The van der Waals surface area contributed by atoms with Crippen LogP contribution < -0.4 is 16.6 Å². The fourth-order valence-electron chi connectivity index (χ4n) is 2.26. The molecule has 5 nitrogen and oxygen atoms in total. The topological polar surface area (TPSA) is 77.1 Å². The van der Waals surface area contributed by atoms with Gasteiger partial charge in [-0.05, 0) is 29.5 Å². The second kappa shape index (κ2) is 7.04. The molecule has 0 aliphatic heterocycles. The van der Waals surface area contributed by atoms with Gasteiger partial charge < -0.3 is 15.6 Å². The number of nitrogens with zero attached hydrogens (tertiary/aromatic N) is 1. The van der Waals surface area contributed by atoms with Gasteiger partial charge in [-0.2, -0.15) is 0 Å². The Bertz CT molecular complexity index is 691. The number of amides is 1. The lowest BCUT2D eigenvalue weighted by molar-refractivity contribution is -0.121. The zero-order valence-corrected chi connectivity index (χ0v) is 12.3. The van der Waals surface area contributed by atoms with Crippen LogP contribution in [0.25, 0.3) is 10.8 Å². The van der Waals surface area contributed by atoms with Gasteiger partial charge in [0.15, 0.2) is 0 Å². The molecule has 2 aromatic rings. The molecule has 1 amide bonds. The molecule has 0 aliphatic rings. The van der Waals surface area contributed by atoms with Crippen LogP contribution in [0.1, 0.15) is 18.9 Å². The summed E-state index contributed by atoms with van der Waals surface area (Å²) < 4.78 is 1.58. The van der Waals surface area contributed by atoms with Crippen molar-refractivity contribution in [3.8, 4) is 0 Å². The molecular weight excluding hydrogens is 266 g/mol. The molecule has 112 valence electrons. The number of nitrogens with two attached hydrogens (primary N) is 1. The zero-order valence-electron chi connectivity index (χ0n) is 12.3. The summed E-state index contributed by atoms with van der Waals surface area (Å²) in [5.74, 6) is -0.0891. The second-order valence-corrected chi connectivity index (χ2v) is 4.98. The van der Waals surface area contributed by atoms with E-state index in [2.05, 4.69) is 12.2 Å². The number of hydrogen-bond donors (Lipinski definition) is 2. The van der Waals surface area contributed by atoms with Crippen molar-refractivity contribution < 1.29 is 4.79 Å². The first-order valence-corrected chi connectivity index (χ1v) is 7.24. The molecule has 0 saturated heterocycles. The van der Waals surface area contributed by atoms with E-state index in [0.29, 0.717) is 25.0 Å². The fraction of sp³-hybridized carbons (Fsp3) is 0.375. The maximum absolute atomic E-state index is 12.4. The van der Waals surface area contributed by atoms with Crippen molar-refractivity contribution >= 4 is 16.7 Å². The van der Waals surface area contributed by atoms with Crippen LogP contribution in [0.2, 0.25) is 0 Å². The fourth-order valence-corrected chi connectivity index (χ4v) is 2.26. The summed E-state index contributed by atoms with van der Waals surface area (Å²) in [6.07, 6.45) is 2.97. The van der Waals surface area contributed by atoms with Gasteiger partial charge in [0.2, 0.25) is 5.91 Å². The molecule has 21 heavy (non-hydrogen) atoms. The first kappa shape index (κ1) is 15.3. The molecule has 1 aromatic heterocycles. The lowest BCUT2D eigenvalue weighted by Crippen LogP contribution is -2.30. The van der Waals surface area contributed by atoms with Crippen LogP contribution in [0.4, 0.5) is 0 Å². The van der Waals surface area contributed by atoms with Crippen LogP contribution >= 0.6 is 0 Å². The van der Waals surface area contributed by atoms with E-state index in [4.69, 9.17) is 5.73 Å². The van der Waals surface area contributed by atoms with Gasteiger partial charge in [-0.1, -0.05) is 19.1 Å². The predicted octanol–water partition coefficient (Wildman–Crippen LogP) is 1.03. The van der Waals surface area contributed by atoms with Crippen molar-refractivity contribution in [3.63, 3.8) is 0 Å². The summed E-state index contributed by atoms with van der Waals surface area (Å²) in [7, 11) is 0. The monoisotopic (exact) mass is 287 g/mol. The molecule has 3 N–H and O–H groups in total. The first-order valence-electron chi connectivity index (χ1n) is 7.24. The van der Waals surface area contributed by atoms with Crippen LogP contribution in [0.5, 0.6) is 0 Å². The average molecular weight is 287 g/mol. The number of aryl methyl sites for hydroxylation is 2. The zero-order chi connectivity index (χ0) is 15.2. The Morgan fingerprint density at radius 1 is 1.33 bits per heavy atom. The maximum atomic E-state index is 12.4. The largest absolute Gasteiger partial charge is 0.355 e. The lowest BCUT2D eigenvalue weighted by Gasteiger charge is -2.08. The van der Waals surface area contributed by atoms with Crippen molar-refractivity contribution in [2.24, 2.45) is 5.73 Å². The van der Waals surface area contributed by atoms with Crippen LogP contribution in [-0.2, 0) is 17.8 Å². The Morgan fingerprint density at radius 3 is 2.86 bits per heavy atom. The molecular formula is C16H21N3O2. The molecule has 0 fully saturated rings. The Balaban J connectivity index is 2.16. The van der Waals surface area contributed by atoms with E-state index in [1.54, 1.807) is 10.8 Å². The van der Waals surface area contributed by atoms with Gasteiger partial charge in [0.05, 0.1) is 0 Å². The molecule has 5 heteroatoms. The van der Waals surface area contributed by atoms with Crippen molar-refractivity contribution in [2.45, 2.75) is 26.3 Å². The third-order valence-corrected chi connectivity index (χ3v) is 3.50. The van der Waals surface area contributed by atoms with Crippen LogP contribution in [0.15, 0.2) is 35.3 Å². The highest BCUT2D eigenvalue weighted by Crippen LogP contribution is 2.13. The summed E-state index contributed by atoms with van der Waals surface area (Å²) in [6.45, 7) is 3.34. The summed E-state index contributed by atoms with van der Waals surface area (Å²) in [5.41, 5.74) is 6.48. The highest BCUT2D eigenvalue weighted by Gasteiger charge is 2.06. The smallest absolute Gasteiger partial charge is 0.258 e. The minimum absolute atomic E-state index is 0.0539. The standard InChI is InChI=1S/C16H21N3O2/c1-2-12-3-4-14-13(11-12)5-9-19(16(14)21)10-6-15(20)18-8-7-17/h3-5,9,11H,2,6-8,10,17H2,1H3,(H,18,20). The van der Waals surface area contributed by atoms with E-state index < -0.39 is 0 Å². The first-order chi connectivity index (χ1) is 10.2. The molecule has 0 spiro atoms. The molecule has 2 rings (SSSR count). The molecule has 0 atom stereocenters. The van der Waals surface area contributed by atoms with Crippen LogP contribution in [0, 0.1) is 0 Å². The number of rotatable bonds is 6. The van der Waals surface area contributed by atoms with Gasteiger partial charge in [0.25, 0.3) is 5.56 Å². The minimum atomic E-state index is -0.0891. The number of hydrogen-bond acceptors (Lipinski definition) is 3. The Morgan fingerprint density at radius 2 is 2.14 bits per heavy atom. The van der Waals surface area contributed by atoms with Gasteiger partial charge in [0, 0.05) is 37.6 Å². The highest BCUT2D eigenvalue weighted by molar-refractivity contribution is 5.82. The number of nitrogens with one attached hydrogen (secondary N) is 1. The van der Waals surface area contributed by atoms with Gasteiger partial charge >= 0.3 is 0 Å². The summed E-state index contributed by atoms with van der Waals surface area (Å²) in [5, 5.41) is 4.33. The predicted molar refractivity (Wildman–Crippen MR) is 84.3 cm³/mol. The quantitative estimate of drug-likeness (QED) is 0.833. The van der Waals surface area contributed by atoms with E-state index in [1.165, 1.54) is 5.56 Å². The van der Waals surface area contributed by atoms with Crippen molar-refractivity contribution in [3.05, 3.63) is 46.4 Å². The van der Waals surface area contributed by atoms with Crippen molar-refractivity contribution in [2.75, 3.05) is 13.1 Å². The number of aromatic nitrogens is 1. The van der Waals surface area contributed by atoms with E-state index in [0.717, 1.165) is 11.8 Å². The second-order valence-electron chi connectivity index (χ2n) is 4.98. The number of benzene rings is 1. The third kappa shape index (κ3) is 3.70. The number of fused-ring (bicyclic) bond motifs is 1. The van der Waals surface area contributed by atoms with E-state index in [-0.39, 0.29) is 17.9 Å². The third-order valence-electron chi connectivity index (χ3n) is 3.50. The number of pyridine rings is 1. The Labute approximate surface area is 123 Å². The lowest BCUT2D eigenvalue weighted by atomic mass is 10.1. The maximum Gasteiger partial charge on any atom is 0.258 e. The van der Waals surface area contributed by atoms with Crippen LogP contribution in [0.3, 0.4) is 0 Å². The normalized spacial score (nSPS) is 10.8. The van der Waals surface area contributed by atoms with Crippen molar-refractivity contribution in [1.82, 2.24) is 9.88 Å². The average Bonchev–Trinajstić information content (AvgIpc) is 2.51. The van der Waals surface area contributed by atoms with E-state index >= 15 is 0 Å². The number of carbonyl (C=O) groups is 1. The SMILES string of the molecule is CCc1ccc2c(=O)n(CCC(=O)NCCN)ccc2c1. The number of carbonyl (C=O) groups excluding carboxylic acids is 1. The minimum Gasteiger partial charge on any atom is -0.355 e. The molecule has 0 saturated carbocycles. The molecule has 1 aromatic carbocycles. The summed E-state index contributed by atoms with van der Waals surface area (Å²) in [6, 6.07) is 7.80. The van der Waals surface area contributed by atoms with E-state index in [1.807, 2.05) is 24.3 Å². The van der Waals surface area contributed by atoms with Gasteiger partial charge in [-0.15, -0.1) is 0 Å². The van der Waals surface area contributed by atoms with Gasteiger partial charge in [-0.3, -0.25) is 9.59 Å². The van der Waals surface area contributed by atoms with Crippen molar-refractivity contribution in [1.29, 1.82) is 0 Å². The molecule has 0 bridgehead atoms.